The summed E-state index contributed by atoms with van der Waals surface area (Å²) in [7, 11) is 0. The number of benzene rings is 9. The van der Waals surface area contributed by atoms with Gasteiger partial charge in [0, 0.05) is 39.3 Å². The average Bonchev–Trinajstić information content (AvgIpc) is 3.34. The van der Waals surface area contributed by atoms with Crippen LogP contribution in [0.5, 0.6) is 0 Å². The maximum Gasteiger partial charge on any atom is 0.0973 e. The summed E-state index contributed by atoms with van der Waals surface area (Å²) in [4.78, 5) is 23.2. The second kappa shape index (κ2) is 15.5. The van der Waals surface area contributed by atoms with E-state index in [0.29, 0.717) is 0 Å². The monoisotopic (exact) mass is 779 g/mol. The van der Waals surface area contributed by atoms with E-state index in [1.165, 1.54) is 16.3 Å². The molecule has 5 nitrogen and oxygen atoms in total. The van der Waals surface area contributed by atoms with Crippen LogP contribution in [0.2, 0.25) is 0 Å². The molecule has 0 amide bonds. The molecule has 0 atom stereocenters. The standard InChI is InChI=1S/C56H37N5/c1-3-16-40(17-4-1)53-55(59-51-27-11-9-25-49(51)57-53)44-21-13-23-47(36-44)61(46-33-31-39(32-34-46)43-30-29-38-15-7-8-20-42(38)35-43)48-24-14-22-45(37-48)56-54(41-18-5-2-6-19-41)58-50-26-10-12-28-52(50)60-56/h1-37H. The largest absolute Gasteiger partial charge is 0.310 e. The predicted octanol–water partition coefficient (Wildman–Crippen LogP) is 14.5. The number of anilines is 3. The van der Waals surface area contributed by atoms with E-state index in [1.54, 1.807) is 0 Å². The molecule has 0 bridgehead atoms. The molecular weight excluding hydrogens is 743 g/mol. The van der Waals surface area contributed by atoms with E-state index in [-0.39, 0.29) is 0 Å². The molecular formula is C56H37N5. The van der Waals surface area contributed by atoms with E-state index in [9.17, 15) is 0 Å². The lowest BCUT2D eigenvalue weighted by Gasteiger charge is -2.27. The van der Waals surface area contributed by atoms with Crippen LogP contribution in [0.25, 0.3) is 89.0 Å². The first-order valence-electron chi connectivity index (χ1n) is 20.5. The Morgan fingerprint density at radius 3 is 1.11 bits per heavy atom. The normalized spacial score (nSPS) is 11.3. The summed E-state index contributed by atoms with van der Waals surface area (Å²) < 4.78 is 0. The van der Waals surface area contributed by atoms with Gasteiger partial charge >= 0.3 is 0 Å². The van der Waals surface area contributed by atoms with Crippen molar-refractivity contribution in [3.63, 3.8) is 0 Å². The van der Waals surface area contributed by atoms with Crippen molar-refractivity contribution in [3.8, 4) is 56.2 Å². The lowest BCUT2D eigenvalue weighted by Crippen LogP contribution is -2.10. The van der Waals surface area contributed by atoms with Crippen LogP contribution in [0.1, 0.15) is 0 Å². The van der Waals surface area contributed by atoms with E-state index < -0.39 is 0 Å². The van der Waals surface area contributed by atoms with Gasteiger partial charge in [0.05, 0.1) is 44.8 Å². The molecule has 5 heteroatoms. The highest BCUT2D eigenvalue weighted by Gasteiger charge is 2.20. The maximum atomic E-state index is 5.26. The zero-order valence-corrected chi connectivity index (χ0v) is 33.1. The van der Waals surface area contributed by atoms with Gasteiger partial charge in [-0.1, -0.05) is 158 Å². The summed E-state index contributed by atoms with van der Waals surface area (Å²) in [5.41, 5.74) is 16.0. The van der Waals surface area contributed by atoms with Crippen LogP contribution < -0.4 is 4.90 Å². The van der Waals surface area contributed by atoms with Gasteiger partial charge in [-0.25, -0.2) is 19.9 Å². The van der Waals surface area contributed by atoms with E-state index in [4.69, 9.17) is 19.9 Å². The van der Waals surface area contributed by atoms with Crippen LogP contribution in [0, 0.1) is 0 Å². The van der Waals surface area contributed by atoms with Gasteiger partial charge in [0.1, 0.15) is 0 Å². The maximum absolute atomic E-state index is 5.26. The van der Waals surface area contributed by atoms with Gasteiger partial charge in [-0.15, -0.1) is 0 Å². The zero-order valence-electron chi connectivity index (χ0n) is 33.1. The van der Waals surface area contributed by atoms with Gasteiger partial charge in [0.15, 0.2) is 0 Å². The highest BCUT2D eigenvalue weighted by atomic mass is 15.1. The highest BCUT2D eigenvalue weighted by molar-refractivity contribution is 5.92. The molecule has 2 aromatic heterocycles. The fourth-order valence-corrected chi connectivity index (χ4v) is 8.20. The Bertz CT molecular complexity index is 3200. The molecule has 0 spiro atoms. The van der Waals surface area contributed by atoms with Crippen LogP contribution in [0.15, 0.2) is 224 Å². The number of hydrogen-bond acceptors (Lipinski definition) is 5. The van der Waals surface area contributed by atoms with Gasteiger partial charge in [-0.2, -0.15) is 0 Å². The van der Waals surface area contributed by atoms with Gasteiger partial charge < -0.3 is 4.90 Å². The Kier molecular flexibility index (Phi) is 9.10. The second-order valence-corrected chi connectivity index (χ2v) is 15.1. The molecule has 0 saturated carbocycles. The summed E-state index contributed by atoms with van der Waals surface area (Å²) in [6.45, 7) is 0. The first-order chi connectivity index (χ1) is 30.2. The molecule has 9 aromatic carbocycles. The lowest BCUT2D eigenvalue weighted by molar-refractivity contribution is 1.26. The van der Waals surface area contributed by atoms with Gasteiger partial charge in [-0.05, 0) is 88.6 Å². The first kappa shape index (κ1) is 35.8. The molecule has 0 aliphatic rings. The van der Waals surface area contributed by atoms with Crippen molar-refractivity contribution in [1.82, 2.24) is 19.9 Å². The molecule has 11 aromatic rings. The topological polar surface area (TPSA) is 54.8 Å². The Labute approximate surface area is 354 Å². The summed E-state index contributed by atoms with van der Waals surface area (Å²) >= 11 is 0. The molecule has 11 rings (SSSR count). The third-order valence-electron chi connectivity index (χ3n) is 11.2. The molecule has 0 unspecified atom stereocenters. The Morgan fingerprint density at radius 2 is 0.623 bits per heavy atom. The summed E-state index contributed by atoms with van der Waals surface area (Å²) in [6.07, 6.45) is 0. The summed E-state index contributed by atoms with van der Waals surface area (Å²) in [5, 5.41) is 2.45. The minimum atomic E-state index is 0.825. The van der Waals surface area contributed by atoms with Crippen LogP contribution in [0.3, 0.4) is 0 Å². The first-order valence-corrected chi connectivity index (χ1v) is 20.5. The number of rotatable bonds is 8. The van der Waals surface area contributed by atoms with Gasteiger partial charge in [0.25, 0.3) is 0 Å². The number of hydrogen-bond donors (Lipinski definition) is 0. The molecule has 0 aliphatic heterocycles. The number of aromatic nitrogens is 4. The van der Waals surface area contributed by atoms with E-state index in [2.05, 4.69) is 144 Å². The lowest BCUT2D eigenvalue weighted by atomic mass is 10.00. The quantitative estimate of drug-likeness (QED) is 0.154. The van der Waals surface area contributed by atoms with Crippen LogP contribution in [0.4, 0.5) is 17.1 Å². The average molecular weight is 780 g/mol. The molecule has 0 radical (unpaired) electrons. The van der Waals surface area contributed by atoms with Crippen molar-refractivity contribution in [2.45, 2.75) is 0 Å². The molecule has 61 heavy (non-hydrogen) atoms. The molecule has 0 saturated heterocycles. The van der Waals surface area contributed by atoms with E-state index >= 15 is 0 Å². The number of fused-ring (bicyclic) bond motifs is 3. The minimum Gasteiger partial charge on any atom is -0.310 e. The van der Waals surface area contributed by atoms with E-state index in [0.717, 1.165) is 89.7 Å². The fourth-order valence-electron chi connectivity index (χ4n) is 8.20. The Morgan fingerprint density at radius 1 is 0.230 bits per heavy atom. The van der Waals surface area contributed by atoms with Crippen molar-refractivity contribution < 1.29 is 0 Å². The van der Waals surface area contributed by atoms with Crippen molar-refractivity contribution in [2.24, 2.45) is 0 Å². The molecule has 0 aliphatic carbocycles. The SMILES string of the molecule is c1ccc(-c2nc3ccccc3nc2-c2cccc(N(c3ccc(-c4ccc5ccccc5c4)cc3)c3cccc(-c4nc5ccccc5nc4-c4ccccc4)c3)c2)cc1. The Balaban J connectivity index is 1.08. The van der Waals surface area contributed by atoms with Crippen molar-refractivity contribution in [2.75, 3.05) is 4.90 Å². The zero-order chi connectivity index (χ0) is 40.5. The highest BCUT2D eigenvalue weighted by Crippen LogP contribution is 2.41. The molecule has 0 N–H and O–H groups in total. The number of para-hydroxylation sites is 4. The summed E-state index contributed by atoms with van der Waals surface area (Å²) in [6, 6.07) is 78.0. The second-order valence-electron chi connectivity index (χ2n) is 15.1. The van der Waals surface area contributed by atoms with Crippen molar-refractivity contribution in [1.29, 1.82) is 0 Å². The van der Waals surface area contributed by atoms with E-state index in [1.807, 2.05) is 84.9 Å². The molecule has 286 valence electrons. The smallest absolute Gasteiger partial charge is 0.0973 e. The van der Waals surface area contributed by atoms with Crippen molar-refractivity contribution >= 4 is 49.9 Å². The van der Waals surface area contributed by atoms with Crippen LogP contribution >= 0.6 is 0 Å². The third-order valence-corrected chi connectivity index (χ3v) is 11.2. The molecule has 0 fully saturated rings. The van der Waals surface area contributed by atoms with Crippen LogP contribution in [-0.4, -0.2) is 19.9 Å². The minimum absolute atomic E-state index is 0.825. The molecule has 2 heterocycles. The predicted molar refractivity (Wildman–Crippen MR) is 252 cm³/mol. The Hall–Kier alpha value is -8.28. The van der Waals surface area contributed by atoms with Crippen LogP contribution in [-0.2, 0) is 0 Å². The van der Waals surface area contributed by atoms with Gasteiger partial charge in [0.2, 0.25) is 0 Å². The third kappa shape index (κ3) is 6.94. The summed E-state index contributed by atoms with van der Waals surface area (Å²) in [5.74, 6) is 0. The fraction of sp³-hybridized carbons (Fsp3) is 0. The van der Waals surface area contributed by atoms with Gasteiger partial charge in [-0.3, -0.25) is 0 Å². The van der Waals surface area contributed by atoms with Crippen molar-refractivity contribution in [3.05, 3.63) is 224 Å². The number of nitrogens with zero attached hydrogens (tertiary/aromatic N) is 5.